The maximum absolute atomic E-state index is 12.1. The van der Waals surface area contributed by atoms with E-state index in [-0.39, 0.29) is 36.9 Å². The first-order valence-corrected chi connectivity index (χ1v) is 9.84. The predicted molar refractivity (Wildman–Crippen MR) is 101 cm³/mol. The van der Waals surface area contributed by atoms with E-state index in [2.05, 4.69) is 20.3 Å². The number of carbonyl (C=O) groups is 2. The zero-order valence-electron chi connectivity index (χ0n) is 17.0. The SMILES string of the molecule is CO[N+](=O)OCCNC(=O)c1ccc[n+](COC(=O)NC(C)C2CCCCC2)c1. The van der Waals surface area contributed by atoms with E-state index in [1.807, 2.05) is 6.92 Å². The fourth-order valence-electron chi connectivity index (χ4n) is 3.29. The Balaban J connectivity index is 1.74. The average molecular weight is 410 g/mol. The van der Waals surface area contributed by atoms with Gasteiger partial charge in [0.25, 0.3) is 12.6 Å². The normalized spacial score (nSPS) is 15.1. The second-order valence-corrected chi connectivity index (χ2v) is 6.99. The molecule has 0 aromatic carbocycles. The van der Waals surface area contributed by atoms with E-state index < -0.39 is 6.09 Å². The summed E-state index contributed by atoms with van der Waals surface area (Å²) in [4.78, 5) is 43.8. The van der Waals surface area contributed by atoms with Crippen LogP contribution in [0, 0.1) is 10.8 Å². The van der Waals surface area contributed by atoms with Crippen molar-refractivity contribution in [3.63, 3.8) is 0 Å². The largest absolute Gasteiger partial charge is 0.477 e. The Hall–Kier alpha value is -2.91. The quantitative estimate of drug-likeness (QED) is 0.345. The summed E-state index contributed by atoms with van der Waals surface area (Å²) in [5.41, 5.74) is 0.387. The zero-order chi connectivity index (χ0) is 21.1. The molecule has 2 amide bonds. The molecule has 2 rings (SSSR count). The van der Waals surface area contributed by atoms with E-state index in [1.165, 1.54) is 26.4 Å². The molecule has 0 bridgehead atoms. The number of nitrogens with one attached hydrogen (secondary N) is 2. The second kappa shape index (κ2) is 11.8. The van der Waals surface area contributed by atoms with Gasteiger partial charge in [-0.15, -0.1) is 0 Å². The van der Waals surface area contributed by atoms with E-state index in [0.29, 0.717) is 11.5 Å². The van der Waals surface area contributed by atoms with Gasteiger partial charge in [-0.2, -0.15) is 14.2 Å². The molecular weight excluding hydrogens is 380 g/mol. The predicted octanol–water partition coefficient (Wildman–Crippen LogP) is 1.63. The minimum absolute atomic E-state index is 0.00751. The highest BCUT2D eigenvalue weighted by atomic mass is 17.0. The standard InChI is InChI=1S/C19H28N4O6/c1-15(16-7-4-3-5-8-16)21-19(25)28-14-22-11-6-9-17(13-22)18(24)20-10-12-29-23(26)27-2/h6,9,11,13,15-16H,3-5,7-8,10,12,14H2,1-2H3/p+2. The smallest absolute Gasteiger partial charge is 0.388 e. The Morgan fingerprint density at radius 3 is 2.79 bits per heavy atom. The van der Waals surface area contributed by atoms with Crippen molar-refractivity contribution in [3.8, 4) is 0 Å². The van der Waals surface area contributed by atoms with Gasteiger partial charge in [-0.05, 0) is 31.7 Å². The summed E-state index contributed by atoms with van der Waals surface area (Å²) in [6.45, 7) is 2.11. The third-order valence-electron chi connectivity index (χ3n) is 4.90. The van der Waals surface area contributed by atoms with Crippen LogP contribution in [0.1, 0.15) is 49.4 Å². The number of ether oxygens (including phenoxy) is 1. The van der Waals surface area contributed by atoms with Gasteiger partial charge in [0.15, 0.2) is 26.1 Å². The highest BCUT2D eigenvalue weighted by Crippen LogP contribution is 2.26. The lowest BCUT2D eigenvalue weighted by Gasteiger charge is -2.27. The van der Waals surface area contributed by atoms with Gasteiger partial charge in [-0.25, -0.2) is 4.79 Å². The highest BCUT2D eigenvalue weighted by molar-refractivity contribution is 5.93. The minimum Gasteiger partial charge on any atom is -0.388 e. The number of aromatic nitrogens is 1. The summed E-state index contributed by atoms with van der Waals surface area (Å²) >= 11 is 0. The van der Waals surface area contributed by atoms with Crippen LogP contribution in [0.3, 0.4) is 0 Å². The van der Waals surface area contributed by atoms with Crippen molar-refractivity contribution >= 4 is 12.0 Å². The van der Waals surface area contributed by atoms with Gasteiger partial charge in [-0.1, -0.05) is 19.3 Å². The van der Waals surface area contributed by atoms with Crippen LogP contribution in [0.25, 0.3) is 0 Å². The Bertz CT molecular complexity index is 693. The number of hydrogen-bond donors (Lipinski definition) is 2. The van der Waals surface area contributed by atoms with Crippen molar-refractivity contribution in [2.75, 3.05) is 20.3 Å². The maximum Gasteiger partial charge on any atom is 0.477 e. The van der Waals surface area contributed by atoms with E-state index in [9.17, 15) is 14.5 Å². The first-order chi connectivity index (χ1) is 14.0. The van der Waals surface area contributed by atoms with Crippen molar-refractivity contribution in [2.24, 2.45) is 5.92 Å². The highest BCUT2D eigenvalue weighted by Gasteiger charge is 2.22. The Morgan fingerprint density at radius 1 is 1.31 bits per heavy atom. The first-order valence-electron chi connectivity index (χ1n) is 9.84. The molecule has 160 valence electrons. The van der Waals surface area contributed by atoms with Crippen LogP contribution in [-0.4, -0.2) is 43.4 Å². The first kappa shape index (κ1) is 22.4. The molecule has 10 nitrogen and oxygen atoms in total. The molecule has 1 heterocycles. The molecule has 1 aromatic heterocycles. The lowest BCUT2D eigenvalue weighted by Crippen LogP contribution is -2.43. The number of nitrogens with zero attached hydrogens (tertiary/aromatic N) is 2. The molecule has 1 fully saturated rings. The van der Waals surface area contributed by atoms with Crippen LogP contribution in [0.5, 0.6) is 0 Å². The molecule has 1 atom stereocenters. The molecule has 0 aliphatic heterocycles. The molecule has 1 unspecified atom stereocenters. The molecular formula is C19H30N4O6+2. The number of hydrogen-bond acceptors (Lipinski definition) is 6. The monoisotopic (exact) mass is 410 g/mol. The maximum atomic E-state index is 12.1. The third-order valence-corrected chi connectivity index (χ3v) is 4.90. The molecule has 0 spiro atoms. The van der Waals surface area contributed by atoms with Crippen LogP contribution in [0.4, 0.5) is 4.79 Å². The number of rotatable bonds is 10. The number of amides is 2. The summed E-state index contributed by atoms with van der Waals surface area (Å²) in [7, 11) is 1.17. The summed E-state index contributed by atoms with van der Waals surface area (Å²) in [5, 5.41) is 5.47. The Labute approximate surface area is 170 Å². The van der Waals surface area contributed by atoms with E-state index in [0.717, 1.165) is 12.8 Å². The van der Waals surface area contributed by atoms with Crippen molar-refractivity contribution < 1.29 is 33.7 Å². The van der Waals surface area contributed by atoms with Gasteiger partial charge in [0.05, 0.1) is 6.54 Å². The zero-order valence-corrected chi connectivity index (χ0v) is 17.0. The molecule has 0 saturated heterocycles. The molecule has 1 aliphatic rings. The van der Waals surface area contributed by atoms with Gasteiger partial charge in [0, 0.05) is 12.1 Å². The third kappa shape index (κ3) is 7.92. The minimum atomic E-state index is -0.470. The molecule has 1 saturated carbocycles. The number of carbonyl (C=O) groups excluding carboxylic acids is 2. The summed E-state index contributed by atoms with van der Waals surface area (Å²) in [6, 6.07) is 3.39. The fourth-order valence-corrected chi connectivity index (χ4v) is 3.29. The number of alkyl carbamates (subject to hydrolysis) is 1. The molecule has 1 aromatic rings. The van der Waals surface area contributed by atoms with Crippen LogP contribution in [0.2, 0.25) is 0 Å². The van der Waals surface area contributed by atoms with Crippen molar-refractivity contribution in [3.05, 3.63) is 35.0 Å². The average Bonchev–Trinajstić information content (AvgIpc) is 2.75. The lowest BCUT2D eigenvalue weighted by molar-refractivity contribution is -0.976. The lowest BCUT2D eigenvalue weighted by atomic mass is 9.85. The Morgan fingerprint density at radius 2 is 2.07 bits per heavy atom. The van der Waals surface area contributed by atoms with Crippen molar-refractivity contribution in [1.82, 2.24) is 10.6 Å². The molecule has 10 heteroatoms. The summed E-state index contributed by atoms with van der Waals surface area (Å²) in [5.74, 6) is 0.158. The van der Waals surface area contributed by atoms with Crippen LogP contribution < -0.4 is 15.2 Å². The summed E-state index contributed by atoms with van der Waals surface area (Å²) < 4.78 is 6.87. The van der Waals surface area contributed by atoms with Crippen LogP contribution in [0.15, 0.2) is 24.5 Å². The van der Waals surface area contributed by atoms with Gasteiger partial charge in [0.2, 0.25) is 0 Å². The molecule has 2 N–H and O–H groups in total. The van der Waals surface area contributed by atoms with Gasteiger partial charge in [0.1, 0.15) is 10.5 Å². The molecule has 0 radical (unpaired) electrons. The van der Waals surface area contributed by atoms with E-state index in [1.54, 1.807) is 29.1 Å². The van der Waals surface area contributed by atoms with E-state index in [4.69, 9.17) is 4.74 Å². The molecule has 29 heavy (non-hydrogen) atoms. The second-order valence-electron chi connectivity index (χ2n) is 6.99. The van der Waals surface area contributed by atoms with Crippen LogP contribution in [-0.2, 0) is 21.1 Å². The van der Waals surface area contributed by atoms with Crippen LogP contribution >= 0.6 is 0 Å². The fraction of sp³-hybridized carbons (Fsp3) is 0.632. The molecule has 1 aliphatic carbocycles. The van der Waals surface area contributed by atoms with Gasteiger partial charge < -0.3 is 15.4 Å². The van der Waals surface area contributed by atoms with Crippen molar-refractivity contribution in [1.29, 1.82) is 0 Å². The Kier molecular flexibility index (Phi) is 9.13. The van der Waals surface area contributed by atoms with Gasteiger partial charge >= 0.3 is 11.2 Å². The van der Waals surface area contributed by atoms with Gasteiger partial charge in [-0.3, -0.25) is 4.79 Å². The number of pyridine rings is 1. The summed E-state index contributed by atoms with van der Waals surface area (Å²) in [6.07, 6.45) is 8.77. The topological polar surface area (TPSA) is 110 Å². The van der Waals surface area contributed by atoms with Crippen molar-refractivity contribution in [2.45, 2.75) is 51.8 Å². The van der Waals surface area contributed by atoms with E-state index >= 15 is 0 Å².